The molecule has 0 radical (unpaired) electrons. The molecule has 1 aromatic carbocycles. The zero-order chi connectivity index (χ0) is 10.4. The Labute approximate surface area is 86.0 Å². The van der Waals surface area contributed by atoms with Gasteiger partial charge in [-0.2, -0.15) is 0 Å². The third-order valence-corrected chi connectivity index (χ3v) is 2.08. The van der Waals surface area contributed by atoms with E-state index < -0.39 is 0 Å². The minimum absolute atomic E-state index is 1.02. The largest absolute Gasteiger partial charge is 0.287 e. The number of aryl methyl sites for hydroxylation is 1. The fourth-order valence-electron chi connectivity index (χ4n) is 1.37. The maximum Gasteiger partial charge on any atom is 0.0568 e. The highest BCUT2D eigenvalue weighted by molar-refractivity contribution is 5.48. The first-order valence-corrected chi connectivity index (χ1v) is 5.03. The Morgan fingerprint density at radius 1 is 1.29 bits per heavy atom. The van der Waals surface area contributed by atoms with E-state index in [1.54, 1.807) is 5.01 Å². The van der Waals surface area contributed by atoms with Crippen LogP contribution in [0.15, 0.2) is 36.5 Å². The number of hydrogen-bond donors (Lipinski definition) is 1. The van der Waals surface area contributed by atoms with Gasteiger partial charge in [0.2, 0.25) is 0 Å². The minimum atomic E-state index is 1.02. The van der Waals surface area contributed by atoms with E-state index in [1.165, 1.54) is 12.0 Å². The molecule has 14 heavy (non-hydrogen) atoms. The van der Waals surface area contributed by atoms with Gasteiger partial charge >= 0.3 is 0 Å². The molecule has 0 saturated heterocycles. The van der Waals surface area contributed by atoms with Crippen LogP contribution >= 0.6 is 0 Å². The number of hydrogen-bond acceptors (Lipinski definition) is 2. The average molecular weight is 190 g/mol. The molecule has 0 unspecified atom stereocenters. The van der Waals surface area contributed by atoms with Crippen LogP contribution in [0.4, 0.5) is 5.69 Å². The Morgan fingerprint density at radius 2 is 1.93 bits per heavy atom. The molecule has 2 nitrogen and oxygen atoms in total. The van der Waals surface area contributed by atoms with E-state index in [2.05, 4.69) is 19.1 Å². The molecule has 0 amide bonds. The molecule has 0 aromatic heterocycles. The molecule has 0 bridgehead atoms. The second-order valence-electron chi connectivity index (χ2n) is 3.31. The summed E-state index contributed by atoms with van der Waals surface area (Å²) in [5.41, 5.74) is 2.38. The summed E-state index contributed by atoms with van der Waals surface area (Å²) in [7, 11) is 0. The van der Waals surface area contributed by atoms with Crippen LogP contribution in [0.25, 0.3) is 0 Å². The van der Waals surface area contributed by atoms with Gasteiger partial charge in [0.05, 0.1) is 5.69 Å². The summed E-state index contributed by atoms with van der Waals surface area (Å²) in [5, 5.41) is 1.62. The molecule has 2 N–H and O–H groups in total. The van der Waals surface area contributed by atoms with Crippen LogP contribution < -0.4 is 10.9 Å². The summed E-state index contributed by atoms with van der Waals surface area (Å²) in [6, 6.07) is 8.35. The number of anilines is 1. The SMILES string of the molecule is C/C=C\N(N)c1ccc(CCC)cc1. The average Bonchev–Trinajstić information content (AvgIpc) is 2.20. The summed E-state index contributed by atoms with van der Waals surface area (Å²) >= 11 is 0. The van der Waals surface area contributed by atoms with Crippen LogP contribution in [-0.2, 0) is 6.42 Å². The molecule has 76 valence electrons. The van der Waals surface area contributed by atoms with Gasteiger partial charge in [0, 0.05) is 6.20 Å². The molecule has 0 heterocycles. The fourth-order valence-corrected chi connectivity index (χ4v) is 1.37. The zero-order valence-electron chi connectivity index (χ0n) is 8.90. The summed E-state index contributed by atoms with van der Waals surface area (Å²) in [6.45, 7) is 4.13. The van der Waals surface area contributed by atoms with Crippen molar-refractivity contribution < 1.29 is 0 Å². The van der Waals surface area contributed by atoms with Crippen molar-refractivity contribution in [3.63, 3.8) is 0 Å². The monoisotopic (exact) mass is 190 g/mol. The molecule has 0 spiro atoms. The first kappa shape index (κ1) is 10.8. The Kier molecular flexibility index (Phi) is 4.20. The van der Waals surface area contributed by atoms with Crippen molar-refractivity contribution in [2.45, 2.75) is 26.7 Å². The predicted octanol–water partition coefficient (Wildman–Crippen LogP) is 2.85. The molecule has 2 heteroatoms. The quantitative estimate of drug-likeness (QED) is 0.584. The highest BCUT2D eigenvalue weighted by atomic mass is 15.4. The van der Waals surface area contributed by atoms with E-state index in [0.717, 1.165) is 12.1 Å². The minimum Gasteiger partial charge on any atom is -0.287 e. The summed E-state index contributed by atoms with van der Waals surface area (Å²) in [6.07, 6.45) is 6.07. The molecule has 1 rings (SSSR count). The lowest BCUT2D eigenvalue weighted by atomic mass is 10.1. The zero-order valence-corrected chi connectivity index (χ0v) is 8.90. The first-order valence-electron chi connectivity index (χ1n) is 5.03. The smallest absolute Gasteiger partial charge is 0.0568 e. The van der Waals surface area contributed by atoms with E-state index in [-0.39, 0.29) is 0 Å². The van der Waals surface area contributed by atoms with Gasteiger partial charge in [-0.05, 0) is 31.0 Å². The number of rotatable bonds is 4. The number of allylic oxidation sites excluding steroid dienone is 1. The highest BCUT2D eigenvalue weighted by Gasteiger charge is 1.96. The molecule has 0 atom stereocenters. The van der Waals surface area contributed by atoms with Gasteiger partial charge in [-0.15, -0.1) is 0 Å². The lowest BCUT2D eigenvalue weighted by Gasteiger charge is -2.13. The lowest BCUT2D eigenvalue weighted by Crippen LogP contribution is -2.23. The molecular formula is C12H18N2. The molecule has 0 aliphatic rings. The van der Waals surface area contributed by atoms with Gasteiger partial charge in [-0.3, -0.25) is 5.01 Å². The third kappa shape index (κ3) is 2.89. The van der Waals surface area contributed by atoms with Crippen LogP contribution in [0.2, 0.25) is 0 Å². The van der Waals surface area contributed by atoms with Gasteiger partial charge in [0.1, 0.15) is 0 Å². The van der Waals surface area contributed by atoms with Crippen molar-refractivity contribution in [2.24, 2.45) is 5.84 Å². The van der Waals surface area contributed by atoms with Crippen LogP contribution in [0.3, 0.4) is 0 Å². The van der Waals surface area contributed by atoms with Gasteiger partial charge < -0.3 is 0 Å². The van der Waals surface area contributed by atoms with Gasteiger partial charge in [-0.25, -0.2) is 5.84 Å². The van der Waals surface area contributed by atoms with E-state index in [1.807, 2.05) is 31.3 Å². The van der Waals surface area contributed by atoms with Gasteiger partial charge in [-0.1, -0.05) is 31.6 Å². The third-order valence-electron chi connectivity index (χ3n) is 2.08. The Hall–Kier alpha value is -1.28. The Balaban J connectivity index is 2.72. The second kappa shape index (κ2) is 5.45. The first-order chi connectivity index (χ1) is 6.77. The summed E-state index contributed by atoms with van der Waals surface area (Å²) < 4.78 is 0. The number of benzene rings is 1. The lowest BCUT2D eigenvalue weighted by molar-refractivity contribution is 0.921. The highest BCUT2D eigenvalue weighted by Crippen LogP contribution is 2.13. The number of hydrazine groups is 1. The molecule has 0 aliphatic heterocycles. The molecule has 0 aliphatic carbocycles. The summed E-state index contributed by atoms with van der Waals surface area (Å²) in [5.74, 6) is 5.78. The van der Waals surface area contributed by atoms with Gasteiger partial charge in [0.15, 0.2) is 0 Å². The van der Waals surface area contributed by atoms with E-state index in [9.17, 15) is 0 Å². The number of nitrogens with two attached hydrogens (primary N) is 1. The molecular weight excluding hydrogens is 172 g/mol. The Bertz CT molecular complexity index is 288. The van der Waals surface area contributed by atoms with Crippen molar-refractivity contribution in [3.8, 4) is 0 Å². The fraction of sp³-hybridized carbons (Fsp3) is 0.333. The van der Waals surface area contributed by atoms with Crippen molar-refractivity contribution in [3.05, 3.63) is 42.1 Å². The van der Waals surface area contributed by atoms with Crippen molar-refractivity contribution in [1.29, 1.82) is 0 Å². The normalized spacial score (nSPS) is 10.8. The van der Waals surface area contributed by atoms with Crippen molar-refractivity contribution in [2.75, 3.05) is 5.01 Å². The molecule has 0 fully saturated rings. The van der Waals surface area contributed by atoms with E-state index >= 15 is 0 Å². The van der Waals surface area contributed by atoms with Crippen LogP contribution in [-0.4, -0.2) is 0 Å². The van der Waals surface area contributed by atoms with Crippen LogP contribution in [0, 0.1) is 0 Å². The van der Waals surface area contributed by atoms with E-state index in [4.69, 9.17) is 5.84 Å². The maximum absolute atomic E-state index is 5.78. The second-order valence-corrected chi connectivity index (χ2v) is 3.31. The standard InChI is InChI=1S/C12H18N2/c1-3-5-11-6-8-12(9-7-11)14(13)10-4-2/h4,6-10H,3,5,13H2,1-2H3/b10-4-. The molecule has 0 saturated carbocycles. The predicted molar refractivity (Wildman–Crippen MR) is 61.9 cm³/mol. The summed E-state index contributed by atoms with van der Waals surface area (Å²) in [4.78, 5) is 0. The van der Waals surface area contributed by atoms with Crippen LogP contribution in [0.1, 0.15) is 25.8 Å². The maximum atomic E-state index is 5.78. The van der Waals surface area contributed by atoms with E-state index in [0.29, 0.717) is 0 Å². The topological polar surface area (TPSA) is 29.3 Å². The number of nitrogens with zero attached hydrogens (tertiary/aromatic N) is 1. The molecule has 1 aromatic rings. The van der Waals surface area contributed by atoms with Crippen LogP contribution in [0.5, 0.6) is 0 Å². The van der Waals surface area contributed by atoms with Crippen molar-refractivity contribution >= 4 is 5.69 Å². The van der Waals surface area contributed by atoms with Crippen molar-refractivity contribution in [1.82, 2.24) is 0 Å². The van der Waals surface area contributed by atoms with Gasteiger partial charge in [0.25, 0.3) is 0 Å². The Morgan fingerprint density at radius 3 is 2.43 bits per heavy atom.